The van der Waals surface area contributed by atoms with Gasteiger partial charge in [0.15, 0.2) is 0 Å². The molecule has 0 unspecified atom stereocenters. The Labute approximate surface area is 103 Å². The molecule has 0 amide bonds. The second kappa shape index (κ2) is 4.89. The molecule has 0 saturated heterocycles. The largest absolute Gasteiger partial charge is 0.348 e. The number of benzene rings is 1. The van der Waals surface area contributed by atoms with Crippen LogP contribution in [0.3, 0.4) is 0 Å². The summed E-state index contributed by atoms with van der Waals surface area (Å²) < 4.78 is 2.26. The van der Waals surface area contributed by atoms with Crippen LogP contribution in [0.5, 0.6) is 0 Å². The number of hydrogen-bond acceptors (Lipinski definition) is 1. The van der Waals surface area contributed by atoms with Gasteiger partial charge < -0.3 is 10.3 Å². The second-order valence-electron chi connectivity index (χ2n) is 4.18. The maximum atomic E-state index is 5.65. The molecule has 1 aromatic carbocycles. The van der Waals surface area contributed by atoms with Crippen molar-refractivity contribution in [1.82, 2.24) is 4.57 Å². The van der Waals surface area contributed by atoms with Crippen LogP contribution in [0, 0.1) is 13.8 Å². The molecular weight excluding hydrogens is 220 g/mol. The normalized spacial score (nSPS) is 10.5. The van der Waals surface area contributed by atoms with Crippen molar-refractivity contribution >= 4 is 23.3 Å². The molecule has 0 spiro atoms. The van der Waals surface area contributed by atoms with Crippen LogP contribution < -0.4 is 5.73 Å². The molecule has 0 fully saturated rings. The van der Waals surface area contributed by atoms with Gasteiger partial charge in [-0.3, -0.25) is 0 Å². The summed E-state index contributed by atoms with van der Waals surface area (Å²) in [6.07, 6.45) is 0.965. The number of aryl methyl sites for hydroxylation is 2. The highest BCUT2D eigenvalue weighted by atomic mass is 35.5. The number of nitrogens with zero attached hydrogens (tertiary/aromatic N) is 1. The molecular formula is C13H19ClN2. The fourth-order valence-electron chi connectivity index (χ4n) is 2.21. The van der Waals surface area contributed by atoms with E-state index < -0.39 is 0 Å². The fraction of sp³-hybridized carbons (Fsp3) is 0.385. The zero-order chi connectivity index (χ0) is 11.0. The molecule has 2 nitrogen and oxygen atoms in total. The average Bonchev–Trinajstić information content (AvgIpc) is 2.44. The lowest BCUT2D eigenvalue weighted by molar-refractivity contribution is 0.882. The van der Waals surface area contributed by atoms with Crippen LogP contribution in [-0.4, -0.2) is 11.1 Å². The predicted molar refractivity (Wildman–Crippen MR) is 72.4 cm³/mol. The van der Waals surface area contributed by atoms with Gasteiger partial charge in [-0.1, -0.05) is 12.1 Å². The van der Waals surface area contributed by atoms with Crippen LogP contribution >= 0.6 is 12.4 Å². The molecule has 2 N–H and O–H groups in total. The van der Waals surface area contributed by atoms with Crippen LogP contribution in [0.4, 0.5) is 0 Å². The summed E-state index contributed by atoms with van der Waals surface area (Å²) in [5.74, 6) is 0. The van der Waals surface area contributed by atoms with Crippen molar-refractivity contribution in [2.45, 2.75) is 20.3 Å². The molecule has 2 rings (SSSR count). The van der Waals surface area contributed by atoms with Crippen molar-refractivity contribution < 1.29 is 0 Å². The van der Waals surface area contributed by atoms with Crippen LogP contribution in [-0.2, 0) is 13.5 Å². The van der Waals surface area contributed by atoms with Crippen LogP contribution in [0.15, 0.2) is 18.2 Å². The molecule has 1 aromatic heterocycles. The Kier molecular flexibility index (Phi) is 4.00. The Hall–Kier alpha value is -0.990. The summed E-state index contributed by atoms with van der Waals surface area (Å²) in [5, 5.41) is 1.35. The summed E-state index contributed by atoms with van der Waals surface area (Å²) in [7, 11) is 2.12. The van der Waals surface area contributed by atoms with Crippen molar-refractivity contribution in [2.75, 3.05) is 6.54 Å². The Morgan fingerprint density at radius 2 is 1.94 bits per heavy atom. The second-order valence-corrected chi connectivity index (χ2v) is 4.18. The molecule has 0 atom stereocenters. The van der Waals surface area contributed by atoms with Crippen molar-refractivity contribution in [3.05, 3.63) is 35.0 Å². The molecule has 0 aliphatic carbocycles. The molecule has 1 heterocycles. The topological polar surface area (TPSA) is 30.9 Å². The SMILES string of the molecule is Cc1ccc2c(CCN)c(C)n(C)c2c1.Cl. The maximum absolute atomic E-state index is 5.65. The molecule has 0 aliphatic heterocycles. The monoisotopic (exact) mass is 238 g/mol. The number of halogens is 1. The first-order valence-electron chi connectivity index (χ1n) is 5.39. The number of aromatic nitrogens is 1. The van der Waals surface area contributed by atoms with Crippen LogP contribution in [0.1, 0.15) is 16.8 Å². The Bertz CT molecular complexity index is 500. The van der Waals surface area contributed by atoms with Gasteiger partial charge in [-0.25, -0.2) is 0 Å². The molecule has 2 aromatic rings. The van der Waals surface area contributed by atoms with E-state index >= 15 is 0 Å². The van der Waals surface area contributed by atoms with E-state index in [4.69, 9.17) is 5.73 Å². The first kappa shape index (κ1) is 13.1. The summed E-state index contributed by atoms with van der Waals surface area (Å²) in [6.45, 7) is 5.01. The third-order valence-electron chi connectivity index (χ3n) is 3.17. The van der Waals surface area contributed by atoms with Gasteiger partial charge >= 0.3 is 0 Å². The van der Waals surface area contributed by atoms with Crippen molar-refractivity contribution in [2.24, 2.45) is 12.8 Å². The molecule has 88 valence electrons. The number of rotatable bonds is 2. The quantitative estimate of drug-likeness (QED) is 0.857. The van der Waals surface area contributed by atoms with Crippen molar-refractivity contribution in [3.8, 4) is 0 Å². The van der Waals surface area contributed by atoms with E-state index in [1.54, 1.807) is 0 Å². The van der Waals surface area contributed by atoms with Gasteiger partial charge in [-0.05, 0) is 44.0 Å². The van der Waals surface area contributed by atoms with E-state index in [-0.39, 0.29) is 12.4 Å². The van der Waals surface area contributed by atoms with Crippen LogP contribution in [0.25, 0.3) is 10.9 Å². The molecule has 16 heavy (non-hydrogen) atoms. The van der Waals surface area contributed by atoms with E-state index in [0.29, 0.717) is 6.54 Å². The van der Waals surface area contributed by atoms with Gasteiger partial charge in [0.2, 0.25) is 0 Å². The van der Waals surface area contributed by atoms with Gasteiger partial charge in [0, 0.05) is 23.6 Å². The highest BCUT2D eigenvalue weighted by Crippen LogP contribution is 2.25. The first-order chi connectivity index (χ1) is 7.15. The average molecular weight is 239 g/mol. The highest BCUT2D eigenvalue weighted by Gasteiger charge is 2.10. The Balaban J connectivity index is 0.00000128. The smallest absolute Gasteiger partial charge is 0.0485 e. The summed E-state index contributed by atoms with van der Waals surface area (Å²) in [6, 6.07) is 6.62. The minimum Gasteiger partial charge on any atom is -0.348 e. The number of fused-ring (bicyclic) bond motifs is 1. The molecule has 0 aliphatic rings. The van der Waals surface area contributed by atoms with E-state index in [0.717, 1.165) is 6.42 Å². The van der Waals surface area contributed by atoms with Gasteiger partial charge in [0.1, 0.15) is 0 Å². The molecule has 0 bridgehead atoms. The lowest BCUT2D eigenvalue weighted by Crippen LogP contribution is -2.03. The Morgan fingerprint density at radius 1 is 1.25 bits per heavy atom. The first-order valence-corrected chi connectivity index (χ1v) is 5.39. The summed E-state index contributed by atoms with van der Waals surface area (Å²) >= 11 is 0. The number of hydrogen-bond donors (Lipinski definition) is 1. The lowest BCUT2D eigenvalue weighted by atomic mass is 10.1. The lowest BCUT2D eigenvalue weighted by Gasteiger charge is -1.99. The highest BCUT2D eigenvalue weighted by molar-refractivity contribution is 5.86. The third kappa shape index (κ3) is 1.95. The summed E-state index contributed by atoms with van der Waals surface area (Å²) in [5.41, 5.74) is 11.0. The fourth-order valence-corrected chi connectivity index (χ4v) is 2.21. The molecule has 0 saturated carbocycles. The molecule has 0 radical (unpaired) electrons. The van der Waals surface area contributed by atoms with Gasteiger partial charge in [0.05, 0.1) is 0 Å². The van der Waals surface area contributed by atoms with E-state index in [1.165, 1.54) is 27.7 Å². The van der Waals surface area contributed by atoms with E-state index in [1.807, 2.05) is 0 Å². The van der Waals surface area contributed by atoms with Crippen molar-refractivity contribution in [3.63, 3.8) is 0 Å². The van der Waals surface area contributed by atoms with E-state index in [2.05, 4.69) is 43.7 Å². The molecule has 3 heteroatoms. The van der Waals surface area contributed by atoms with Gasteiger partial charge in [-0.15, -0.1) is 12.4 Å². The predicted octanol–water partition coefficient (Wildman–Crippen LogP) is 2.72. The minimum absolute atomic E-state index is 0. The maximum Gasteiger partial charge on any atom is 0.0485 e. The number of nitrogens with two attached hydrogens (primary N) is 1. The third-order valence-corrected chi connectivity index (χ3v) is 3.17. The minimum atomic E-state index is 0. The van der Waals surface area contributed by atoms with Gasteiger partial charge in [0.25, 0.3) is 0 Å². The zero-order valence-electron chi connectivity index (χ0n) is 10.1. The van der Waals surface area contributed by atoms with Gasteiger partial charge in [-0.2, -0.15) is 0 Å². The summed E-state index contributed by atoms with van der Waals surface area (Å²) in [4.78, 5) is 0. The Morgan fingerprint density at radius 3 is 2.56 bits per heavy atom. The van der Waals surface area contributed by atoms with Crippen LogP contribution in [0.2, 0.25) is 0 Å². The van der Waals surface area contributed by atoms with E-state index in [9.17, 15) is 0 Å². The zero-order valence-corrected chi connectivity index (χ0v) is 10.9. The van der Waals surface area contributed by atoms with Crippen molar-refractivity contribution in [1.29, 1.82) is 0 Å². The standard InChI is InChI=1S/C13H18N2.ClH/c1-9-4-5-12-11(6-7-14)10(2)15(3)13(12)8-9;/h4-5,8H,6-7,14H2,1-3H3;1H.